The van der Waals surface area contributed by atoms with Crippen LogP contribution in [-0.2, 0) is 17.8 Å². The fourth-order valence-corrected chi connectivity index (χ4v) is 5.22. The van der Waals surface area contributed by atoms with E-state index in [9.17, 15) is 4.79 Å². The summed E-state index contributed by atoms with van der Waals surface area (Å²) in [6.45, 7) is 3.16. The van der Waals surface area contributed by atoms with Gasteiger partial charge in [0, 0.05) is 35.8 Å². The second-order valence-corrected chi connectivity index (χ2v) is 9.91. The largest absolute Gasteiger partial charge is 0.356 e. The highest BCUT2D eigenvalue weighted by Crippen LogP contribution is 2.28. The third-order valence-corrected chi connectivity index (χ3v) is 7.20. The van der Waals surface area contributed by atoms with Crippen LogP contribution in [0.5, 0.6) is 0 Å². The zero-order valence-electron chi connectivity index (χ0n) is 19.9. The van der Waals surface area contributed by atoms with E-state index in [4.69, 9.17) is 9.97 Å². The van der Waals surface area contributed by atoms with Crippen LogP contribution in [-0.4, -0.2) is 32.0 Å². The van der Waals surface area contributed by atoms with Crippen molar-refractivity contribution in [1.82, 2.24) is 24.8 Å². The first-order valence-corrected chi connectivity index (χ1v) is 13.0. The Morgan fingerprint density at radius 3 is 2.44 bits per heavy atom. The molecule has 1 N–H and O–H groups in total. The second-order valence-electron chi connectivity index (χ2n) is 8.85. The third kappa shape index (κ3) is 4.33. The Balaban J connectivity index is 1.12. The number of carbonyl (C=O) groups is 1. The molecule has 0 aliphatic rings. The first kappa shape index (κ1) is 22.4. The van der Waals surface area contributed by atoms with Crippen LogP contribution in [0.4, 0.5) is 0 Å². The minimum Gasteiger partial charge on any atom is -0.356 e. The molecular formula is C29H25N5OS. The molecule has 0 spiro atoms. The van der Waals surface area contributed by atoms with E-state index in [1.807, 2.05) is 43.3 Å². The second kappa shape index (κ2) is 9.51. The molecule has 0 unspecified atom stereocenters. The lowest BCUT2D eigenvalue weighted by Crippen LogP contribution is -2.26. The Morgan fingerprint density at radius 2 is 1.67 bits per heavy atom. The van der Waals surface area contributed by atoms with Crippen LogP contribution in [0, 0.1) is 6.92 Å². The van der Waals surface area contributed by atoms with Gasteiger partial charge >= 0.3 is 0 Å². The van der Waals surface area contributed by atoms with Gasteiger partial charge in [0.2, 0.25) is 5.91 Å². The van der Waals surface area contributed by atoms with Crippen LogP contribution in [0.3, 0.4) is 0 Å². The van der Waals surface area contributed by atoms with Gasteiger partial charge < -0.3 is 9.88 Å². The van der Waals surface area contributed by atoms with Gasteiger partial charge in [-0.15, -0.1) is 11.3 Å². The molecule has 3 heterocycles. The number of hydrogen-bond donors (Lipinski definition) is 1. The average Bonchev–Trinajstić information content (AvgIpc) is 3.47. The molecule has 1 amide bonds. The van der Waals surface area contributed by atoms with Crippen LogP contribution in [0.1, 0.15) is 17.0 Å². The van der Waals surface area contributed by atoms with Crippen LogP contribution in [0.25, 0.3) is 44.4 Å². The quantitative estimate of drug-likeness (QED) is 0.301. The molecule has 6 aromatic rings. The molecule has 3 aromatic heterocycles. The summed E-state index contributed by atoms with van der Waals surface area (Å²) in [7, 11) is 0. The van der Waals surface area contributed by atoms with E-state index in [-0.39, 0.29) is 5.91 Å². The molecule has 3 aromatic carbocycles. The molecule has 36 heavy (non-hydrogen) atoms. The van der Waals surface area contributed by atoms with E-state index < -0.39 is 0 Å². The zero-order chi connectivity index (χ0) is 24.5. The summed E-state index contributed by atoms with van der Waals surface area (Å²) in [4.78, 5) is 27.0. The minimum absolute atomic E-state index is 0.0317. The smallest absolute Gasteiger partial charge is 0.221 e. The van der Waals surface area contributed by atoms with Crippen LogP contribution in [0.15, 0.2) is 78.2 Å². The van der Waals surface area contributed by atoms with Gasteiger partial charge in [-0.1, -0.05) is 54.6 Å². The Morgan fingerprint density at radius 1 is 0.917 bits per heavy atom. The van der Waals surface area contributed by atoms with Gasteiger partial charge in [-0.2, -0.15) is 0 Å². The Labute approximate surface area is 212 Å². The van der Waals surface area contributed by atoms with Gasteiger partial charge in [0.1, 0.15) is 5.52 Å². The first-order chi connectivity index (χ1) is 17.7. The lowest BCUT2D eigenvalue weighted by molar-refractivity contribution is -0.121. The van der Waals surface area contributed by atoms with Gasteiger partial charge in [-0.3, -0.25) is 4.79 Å². The maximum absolute atomic E-state index is 12.7. The van der Waals surface area contributed by atoms with E-state index in [2.05, 4.69) is 56.6 Å². The van der Waals surface area contributed by atoms with Gasteiger partial charge in [0.15, 0.2) is 5.65 Å². The van der Waals surface area contributed by atoms with E-state index >= 15 is 0 Å². The Hall–Kier alpha value is -4.10. The van der Waals surface area contributed by atoms with Gasteiger partial charge in [0.05, 0.1) is 27.3 Å². The average molecular weight is 492 g/mol. The van der Waals surface area contributed by atoms with Gasteiger partial charge in [-0.05, 0) is 37.1 Å². The summed E-state index contributed by atoms with van der Waals surface area (Å²) < 4.78 is 2.11. The number of fused-ring (bicyclic) bond motifs is 4. The monoisotopic (exact) mass is 491 g/mol. The molecule has 0 aliphatic carbocycles. The number of aromatic nitrogens is 4. The molecule has 0 radical (unpaired) electrons. The summed E-state index contributed by atoms with van der Waals surface area (Å²) in [5.41, 5.74) is 7.80. The highest BCUT2D eigenvalue weighted by molar-refractivity contribution is 7.09. The number of hydrogen-bond acceptors (Lipinski definition) is 5. The molecule has 7 heteroatoms. The normalized spacial score (nSPS) is 11.5. The number of nitrogens with zero attached hydrogens (tertiary/aromatic N) is 4. The maximum atomic E-state index is 12.7. The number of benzene rings is 3. The topological polar surface area (TPSA) is 72.7 Å². The maximum Gasteiger partial charge on any atom is 0.221 e. The molecule has 0 fully saturated rings. The van der Waals surface area contributed by atoms with E-state index in [1.54, 1.807) is 11.3 Å². The van der Waals surface area contributed by atoms with Crippen LogP contribution in [0.2, 0.25) is 0 Å². The van der Waals surface area contributed by atoms with Gasteiger partial charge in [-0.25, -0.2) is 15.0 Å². The highest BCUT2D eigenvalue weighted by Gasteiger charge is 2.15. The SMILES string of the molecule is Cc1nc(-c2ccc(CCNC(=O)CCn3c4ccccc4c4nc5ccccc5nc43)cc2)cs1. The number of para-hydroxylation sites is 3. The number of amides is 1. The number of aryl methyl sites for hydroxylation is 2. The zero-order valence-corrected chi connectivity index (χ0v) is 20.8. The number of rotatable bonds is 7. The number of carbonyl (C=O) groups excluding carboxylic acids is 1. The fraction of sp³-hybridized carbons (Fsp3) is 0.172. The Kier molecular flexibility index (Phi) is 5.91. The van der Waals surface area contributed by atoms with Crippen molar-refractivity contribution in [2.24, 2.45) is 0 Å². The van der Waals surface area contributed by atoms with Gasteiger partial charge in [0.25, 0.3) is 0 Å². The summed E-state index contributed by atoms with van der Waals surface area (Å²) in [6, 6.07) is 24.5. The van der Waals surface area contributed by atoms with E-state index in [0.717, 1.165) is 55.8 Å². The summed E-state index contributed by atoms with van der Waals surface area (Å²) in [5.74, 6) is 0.0317. The molecule has 0 atom stereocenters. The van der Waals surface area contributed by atoms with Crippen molar-refractivity contribution in [3.8, 4) is 11.3 Å². The summed E-state index contributed by atoms with van der Waals surface area (Å²) in [5, 5.41) is 7.27. The number of nitrogens with one attached hydrogen (secondary N) is 1. The number of thiazole rings is 1. The molecule has 6 rings (SSSR count). The third-order valence-electron chi connectivity index (χ3n) is 6.42. The van der Waals surface area contributed by atoms with Crippen molar-refractivity contribution in [3.63, 3.8) is 0 Å². The van der Waals surface area contributed by atoms with Crippen molar-refractivity contribution >= 4 is 50.3 Å². The molecule has 0 aliphatic heterocycles. The predicted octanol–water partition coefficient (Wildman–Crippen LogP) is 5.92. The highest BCUT2D eigenvalue weighted by atomic mass is 32.1. The van der Waals surface area contributed by atoms with Crippen molar-refractivity contribution < 1.29 is 4.79 Å². The Bertz CT molecular complexity index is 1700. The fourth-order valence-electron chi connectivity index (χ4n) is 4.60. The summed E-state index contributed by atoms with van der Waals surface area (Å²) >= 11 is 1.66. The van der Waals surface area contributed by atoms with E-state index in [1.165, 1.54) is 5.56 Å². The molecule has 6 nitrogen and oxygen atoms in total. The molecule has 0 saturated carbocycles. The molecule has 0 bridgehead atoms. The van der Waals surface area contributed by atoms with Crippen molar-refractivity contribution in [1.29, 1.82) is 0 Å². The minimum atomic E-state index is 0.0317. The van der Waals surface area contributed by atoms with Crippen molar-refractivity contribution in [2.45, 2.75) is 26.3 Å². The lowest BCUT2D eigenvalue weighted by atomic mass is 10.1. The lowest BCUT2D eigenvalue weighted by Gasteiger charge is -2.09. The van der Waals surface area contributed by atoms with E-state index in [0.29, 0.717) is 19.5 Å². The van der Waals surface area contributed by atoms with Crippen LogP contribution < -0.4 is 5.32 Å². The molecular weight excluding hydrogens is 466 g/mol. The van der Waals surface area contributed by atoms with Crippen LogP contribution >= 0.6 is 11.3 Å². The first-order valence-electron chi connectivity index (χ1n) is 12.1. The molecule has 0 saturated heterocycles. The van der Waals surface area contributed by atoms with Crippen molar-refractivity contribution in [2.75, 3.05) is 6.54 Å². The van der Waals surface area contributed by atoms with Crippen molar-refractivity contribution in [3.05, 3.63) is 88.7 Å². The standard InChI is InChI=1S/C29H25N5OS/c1-19-31-25(18-36-19)21-12-10-20(11-13-21)14-16-30-27(35)15-17-34-26-9-5-2-6-22(26)28-29(34)33-24-8-4-3-7-23(24)32-28/h2-13,18H,14-17H2,1H3,(H,30,35). The summed E-state index contributed by atoms with van der Waals surface area (Å²) in [6.07, 6.45) is 1.17. The molecule has 178 valence electrons. The predicted molar refractivity (Wildman–Crippen MR) is 146 cm³/mol.